The Morgan fingerprint density at radius 1 is 1.36 bits per heavy atom. The molecule has 3 heterocycles. The number of aromatic nitrogens is 3. The molecule has 8 heteroatoms. The molecule has 8 nitrogen and oxygen atoms in total. The molecule has 28 heavy (non-hydrogen) atoms. The first-order chi connectivity index (χ1) is 13.1. The number of imidazole rings is 1. The lowest BCUT2D eigenvalue weighted by Crippen LogP contribution is -2.39. The summed E-state index contributed by atoms with van der Waals surface area (Å²) >= 11 is 0. The van der Waals surface area contributed by atoms with E-state index in [-0.39, 0.29) is 28.8 Å². The normalized spacial score (nSPS) is 18.7. The fourth-order valence-corrected chi connectivity index (χ4v) is 3.72. The predicted octanol–water partition coefficient (Wildman–Crippen LogP) is 1.90. The number of amidine groups is 1. The number of piperidine rings is 1. The zero-order valence-electron chi connectivity index (χ0n) is 17.4. The first-order valence-corrected chi connectivity index (χ1v) is 9.72. The minimum Gasteiger partial charge on any atom is -0.387 e. The minimum absolute atomic E-state index is 0.0150. The molecule has 1 atom stereocenters. The number of carbonyl (C=O) groups excluding carboxylic acids is 1. The molecule has 0 radical (unpaired) electrons. The van der Waals surface area contributed by atoms with Crippen LogP contribution in [0.2, 0.25) is 0 Å². The number of rotatable bonds is 3. The van der Waals surface area contributed by atoms with Gasteiger partial charge in [-0.15, -0.1) is 0 Å². The van der Waals surface area contributed by atoms with Crippen molar-refractivity contribution in [2.45, 2.75) is 47.1 Å². The molecule has 1 amide bonds. The van der Waals surface area contributed by atoms with E-state index in [0.29, 0.717) is 18.7 Å². The second kappa shape index (κ2) is 7.41. The summed E-state index contributed by atoms with van der Waals surface area (Å²) in [5.41, 5.74) is 6.97. The van der Waals surface area contributed by atoms with Crippen molar-refractivity contribution in [2.75, 3.05) is 18.0 Å². The number of pyridine rings is 1. The summed E-state index contributed by atoms with van der Waals surface area (Å²) in [5.74, 6) is 0.715. The van der Waals surface area contributed by atoms with E-state index in [9.17, 15) is 9.59 Å². The highest BCUT2D eigenvalue weighted by Gasteiger charge is 2.27. The van der Waals surface area contributed by atoms with Crippen LogP contribution in [-0.2, 0) is 18.4 Å². The number of amides is 1. The largest absolute Gasteiger partial charge is 0.387 e. The van der Waals surface area contributed by atoms with Gasteiger partial charge in [-0.1, -0.05) is 20.8 Å². The van der Waals surface area contributed by atoms with Crippen LogP contribution in [0.4, 0.5) is 5.82 Å². The Morgan fingerprint density at radius 3 is 2.71 bits per heavy atom. The van der Waals surface area contributed by atoms with E-state index < -0.39 is 0 Å². The molecule has 1 saturated heterocycles. The van der Waals surface area contributed by atoms with Crippen molar-refractivity contribution >= 4 is 28.7 Å². The maximum absolute atomic E-state index is 12.7. The van der Waals surface area contributed by atoms with Gasteiger partial charge in [0, 0.05) is 26.7 Å². The van der Waals surface area contributed by atoms with Crippen LogP contribution in [0, 0.1) is 11.3 Å². The lowest BCUT2D eigenvalue weighted by atomic mass is 9.97. The van der Waals surface area contributed by atoms with Crippen LogP contribution in [0.25, 0.3) is 11.2 Å². The molecule has 0 spiro atoms. The van der Waals surface area contributed by atoms with Gasteiger partial charge in [0.2, 0.25) is 0 Å². The number of hydrogen-bond donors (Lipinski definition) is 1. The molecule has 2 aromatic heterocycles. The van der Waals surface area contributed by atoms with Gasteiger partial charge in [0.1, 0.15) is 5.82 Å². The van der Waals surface area contributed by atoms with Gasteiger partial charge >= 0.3 is 5.69 Å². The summed E-state index contributed by atoms with van der Waals surface area (Å²) in [4.78, 5) is 35.7. The van der Waals surface area contributed by atoms with Crippen LogP contribution in [0.5, 0.6) is 0 Å². The highest BCUT2D eigenvalue weighted by atomic mass is 16.2. The Bertz CT molecular complexity index is 975. The van der Waals surface area contributed by atoms with E-state index >= 15 is 0 Å². The summed E-state index contributed by atoms with van der Waals surface area (Å²) in [6.45, 7) is 9.95. The minimum atomic E-state index is -0.181. The van der Waals surface area contributed by atoms with Crippen molar-refractivity contribution in [3.05, 3.63) is 22.6 Å². The molecule has 2 aromatic rings. The number of aryl methyl sites for hydroxylation is 1. The first-order valence-electron chi connectivity index (χ1n) is 9.72. The van der Waals surface area contributed by atoms with E-state index in [4.69, 9.17) is 10.7 Å². The molecule has 0 aliphatic carbocycles. The molecular formula is C20H30N6O2. The molecule has 3 rings (SSSR count). The number of hydrogen-bond acceptors (Lipinski definition) is 4. The van der Waals surface area contributed by atoms with Crippen LogP contribution in [0.1, 0.15) is 40.5 Å². The van der Waals surface area contributed by atoms with E-state index in [1.807, 2.05) is 12.1 Å². The summed E-state index contributed by atoms with van der Waals surface area (Å²) in [5, 5.41) is 0. The molecule has 2 N–H and O–H groups in total. The highest BCUT2D eigenvalue weighted by molar-refractivity contribution is 5.93. The number of aliphatic imine (C=N–C) groups is 1. The molecule has 1 fully saturated rings. The maximum atomic E-state index is 12.7. The Hall–Kier alpha value is -2.64. The maximum Gasteiger partial charge on any atom is 0.330 e. The van der Waals surface area contributed by atoms with Crippen LogP contribution < -0.4 is 16.3 Å². The Morgan fingerprint density at radius 2 is 2.07 bits per heavy atom. The molecule has 1 aliphatic rings. The summed E-state index contributed by atoms with van der Waals surface area (Å²) < 4.78 is 3.38. The monoisotopic (exact) mass is 386 g/mol. The van der Waals surface area contributed by atoms with Crippen molar-refractivity contribution in [1.29, 1.82) is 0 Å². The van der Waals surface area contributed by atoms with Gasteiger partial charge in [0.05, 0.1) is 17.3 Å². The molecule has 0 bridgehead atoms. The second-order valence-electron chi connectivity index (χ2n) is 8.88. The van der Waals surface area contributed by atoms with E-state index in [0.717, 1.165) is 30.7 Å². The van der Waals surface area contributed by atoms with Crippen LogP contribution in [0.3, 0.4) is 0 Å². The van der Waals surface area contributed by atoms with Crippen molar-refractivity contribution < 1.29 is 4.79 Å². The average Bonchev–Trinajstić information content (AvgIpc) is 2.84. The third-order valence-corrected chi connectivity index (χ3v) is 4.98. The standard InChI is InChI=1S/C20H30N6O2/c1-13(21)22-18(27)14-7-6-10-25(11-14)16-9-8-15-17(23-16)24(5)19(28)26(15)12-20(2,3)4/h8-9,14H,6-7,10-12H2,1-5H3,(H2,21,22,27). The quantitative estimate of drug-likeness (QED) is 0.642. The van der Waals surface area contributed by atoms with Gasteiger partial charge < -0.3 is 10.6 Å². The zero-order valence-corrected chi connectivity index (χ0v) is 17.4. The molecule has 0 aromatic carbocycles. The van der Waals surface area contributed by atoms with Gasteiger partial charge in [-0.3, -0.25) is 13.9 Å². The molecule has 0 saturated carbocycles. The van der Waals surface area contributed by atoms with Gasteiger partial charge in [-0.2, -0.15) is 0 Å². The lowest BCUT2D eigenvalue weighted by Gasteiger charge is -2.32. The fraction of sp³-hybridized carbons (Fsp3) is 0.600. The summed E-state index contributed by atoms with van der Waals surface area (Å²) in [6.07, 6.45) is 1.69. The van der Waals surface area contributed by atoms with E-state index in [2.05, 4.69) is 30.7 Å². The number of nitrogens with two attached hydrogens (primary N) is 1. The zero-order chi connectivity index (χ0) is 20.6. The van der Waals surface area contributed by atoms with Gasteiger partial charge in [0.25, 0.3) is 5.91 Å². The molecule has 1 aliphatic heterocycles. The number of carbonyl (C=O) groups is 1. The molecule has 1 unspecified atom stereocenters. The molecular weight excluding hydrogens is 356 g/mol. The fourth-order valence-electron chi connectivity index (χ4n) is 3.72. The van der Waals surface area contributed by atoms with Gasteiger partial charge in [-0.05, 0) is 37.3 Å². The SMILES string of the molecule is CC(N)=NC(=O)C1CCCN(c2ccc3c(n2)n(C)c(=O)n3CC(C)(C)C)C1. The van der Waals surface area contributed by atoms with Crippen LogP contribution in [-0.4, -0.2) is 39.0 Å². The second-order valence-corrected chi connectivity index (χ2v) is 8.88. The van der Waals surface area contributed by atoms with Crippen molar-refractivity contribution in [3.8, 4) is 0 Å². The van der Waals surface area contributed by atoms with Crippen molar-refractivity contribution in [1.82, 2.24) is 14.1 Å². The van der Waals surface area contributed by atoms with Crippen LogP contribution >= 0.6 is 0 Å². The topological polar surface area (TPSA) is 98.5 Å². The third-order valence-electron chi connectivity index (χ3n) is 4.98. The average molecular weight is 387 g/mol. The van der Waals surface area contributed by atoms with Crippen molar-refractivity contribution in [2.24, 2.45) is 29.1 Å². The Kier molecular flexibility index (Phi) is 5.32. The summed E-state index contributed by atoms with van der Waals surface area (Å²) in [6, 6.07) is 3.89. The predicted molar refractivity (Wildman–Crippen MR) is 112 cm³/mol. The third kappa shape index (κ3) is 4.10. The number of nitrogens with zero attached hydrogens (tertiary/aromatic N) is 5. The van der Waals surface area contributed by atoms with E-state index in [1.54, 1.807) is 23.1 Å². The first kappa shape index (κ1) is 20.1. The Balaban J connectivity index is 1.92. The van der Waals surface area contributed by atoms with Gasteiger partial charge in [0.15, 0.2) is 5.65 Å². The van der Waals surface area contributed by atoms with Gasteiger partial charge in [-0.25, -0.2) is 14.8 Å². The Labute approximate surface area is 165 Å². The van der Waals surface area contributed by atoms with E-state index in [1.165, 1.54) is 0 Å². The highest BCUT2D eigenvalue weighted by Crippen LogP contribution is 2.25. The van der Waals surface area contributed by atoms with Crippen molar-refractivity contribution in [3.63, 3.8) is 0 Å². The summed E-state index contributed by atoms with van der Waals surface area (Å²) in [7, 11) is 1.75. The smallest absolute Gasteiger partial charge is 0.330 e. The number of anilines is 1. The number of fused-ring (bicyclic) bond motifs is 1. The molecule has 152 valence electrons. The van der Waals surface area contributed by atoms with Crippen LogP contribution in [0.15, 0.2) is 21.9 Å². The lowest BCUT2D eigenvalue weighted by molar-refractivity contribution is -0.121.